The Morgan fingerprint density at radius 3 is 2.78 bits per heavy atom. The molecule has 0 spiro atoms. The third-order valence-electron chi connectivity index (χ3n) is 4.74. The van der Waals surface area contributed by atoms with Crippen LogP contribution in [0.4, 0.5) is 5.69 Å². The van der Waals surface area contributed by atoms with E-state index in [4.69, 9.17) is 14.2 Å². The maximum atomic E-state index is 12.5. The van der Waals surface area contributed by atoms with E-state index in [2.05, 4.69) is 21.2 Å². The summed E-state index contributed by atoms with van der Waals surface area (Å²) in [5.74, 6) is 1.62. The van der Waals surface area contributed by atoms with Crippen LogP contribution in [0.2, 0.25) is 0 Å². The van der Waals surface area contributed by atoms with E-state index in [1.54, 1.807) is 24.3 Å². The van der Waals surface area contributed by atoms with Crippen molar-refractivity contribution >= 4 is 33.6 Å². The second-order valence-corrected chi connectivity index (χ2v) is 8.01. The number of hydrogen-bond donors (Lipinski definition) is 1. The monoisotopic (exact) mass is 490 g/mol. The number of carbonyl (C=O) groups is 1. The summed E-state index contributed by atoms with van der Waals surface area (Å²) in [6.07, 6.45) is 1.54. The van der Waals surface area contributed by atoms with Crippen molar-refractivity contribution in [1.82, 2.24) is 0 Å². The van der Waals surface area contributed by atoms with Gasteiger partial charge < -0.3 is 19.5 Å². The van der Waals surface area contributed by atoms with Gasteiger partial charge in [0.05, 0.1) is 4.47 Å². The van der Waals surface area contributed by atoms with Crippen LogP contribution in [0.3, 0.4) is 0 Å². The Bertz CT molecular complexity index is 1250. The van der Waals surface area contributed by atoms with Crippen molar-refractivity contribution in [1.29, 1.82) is 5.26 Å². The minimum atomic E-state index is -0.461. The number of fused-ring (bicyclic) bond motifs is 1. The molecule has 0 saturated heterocycles. The van der Waals surface area contributed by atoms with E-state index in [9.17, 15) is 10.1 Å². The number of hydrogen-bond acceptors (Lipinski definition) is 5. The van der Waals surface area contributed by atoms with E-state index < -0.39 is 5.91 Å². The van der Waals surface area contributed by atoms with Gasteiger partial charge >= 0.3 is 0 Å². The lowest BCUT2D eigenvalue weighted by Gasteiger charge is -2.10. The van der Waals surface area contributed by atoms with Crippen molar-refractivity contribution in [3.05, 3.63) is 87.4 Å². The maximum Gasteiger partial charge on any atom is 0.266 e. The molecule has 1 heterocycles. The van der Waals surface area contributed by atoms with Crippen LogP contribution in [0.1, 0.15) is 16.7 Å². The fourth-order valence-corrected chi connectivity index (χ4v) is 3.66. The number of anilines is 1. The highest BCUT2D eigenvalue weighted by molar-refractivity contribution is 9.10. The molecule has 7 heteroatoms. The zero-order valence-electron chi connectivity index (χ0n) is 17.2. The van der Waals surface area contributed by atoms with Gasteiger partial charge in [0.1, 0.15) is 24.0 Å². The topological polar surface area (TPSA) is 80.6 Å². The Morgan fingerprint density at radius 2 is 2.00 bits per heavy atom. The average Bonchev–Trinajstić information content (AvgIpc) is 3.24. The Hall–Kier alpha value is -3.76. The number of ether oxygens (including phenoxy) is 3. The number of carbonyl (C=O) groups excluding carboxylic acids is 1. The first-order chi connectivity index (χ1) is 15.5. The summed E-state index contributed by atoms with van der Waals surface area (Å²) in [6.45, 7) is 2.52. The van der Waals surface area contributed by atoms with Crippen molar-refractivity contribution < 1.29 is 19.0 Å². The number of nitriles is 1. The molecule has 160 valence electrons. The van der Waals surface area contributed by atoms with Gasteiger partial charge in [0.15, 0.2) is 11.5 Å². The Balaban J connectivity index is 1.43. The van der Waals surface area contributed by atoms with Gasteiger partial charge in [-0.3, -0.25) is 4.79 Å². The van der Waals surface area contributed by atoms with E-state index in [0.717, 1.165) is 16.9 Å². The van der Waals surface area contributed by atoms with Gasteiger partial charge in [-0.25, -0.2) is 0 Å². The number of nitrogens with zero attached hydrogens (tertiary/aromatic N) is 1. The molecule has 0 aromatic heterocycles. The predicted molar refractivity (Wildman–Crippen MR) is 124 cm³/mol. The molecule has 1 N–H and O–H groups in total. The normalized spacial score (nSPS) is 12.2. The van der Waals surface area contributed by atoms with Gasteiger partial charge in [-0.05, 0) is 82.0 Å². The van der Waals surface area contributed by atoms with Crippen molar-refractivity contribution in [2.45, 2.75) is 13.5 Å². The second kappa shape index (κ2) is 9.58. The van der Waals surface area contributed by atoms with Crippen LogP contribution in [-0.2, 0) is 11.4 Å². The first kappa shape index (κ1) is 21.5. The van der Waals surface area contributed by atoms with E-state index in [-0.39, 0.29) is 12.4 Å². The number of halogens is 1. The summed E-state index contributed by atoms with van der Waals surface area (Å²) in [7, 11) is 0. The van der Waals surface area contributed by atoms with Crippen molar-refractivity contribution in [3.63, 3.8) is 0 Å². The highest BCUT2D eigenvalue weighted by atomic mass is 79.9. The summed E-state index contributed by atoms with van der Waals surface area (Å²) in [5.41, 5.74) is 3.32. The fraction of sp³-hybridized carbons (Fsp3) is 0.120. The molecule has 0 radical (unpaired) electrons. The van der Waals surface area contributed by atoms with Crippen LogP contribution in [0, 0.1) is 18.3 Å². The molecule has 0 aliphatic carbocycles. The maximum absolute atomic E-state index is 12.5. The van der Waals surface area contributed by atoms with Crippen molar-refractivity contribution in [2.75, 3.05) is 12.1 Å². The molecule has 0 bridgehead atoms. The van der Waals surface area contributed by atoms with E-state index in [0.29, 0.717) is 33.8 Å². The molecule has 1 aliphatic rings. The Labute approximate surface area is 194 Å². The molecule has 1 aliphatic heterocycles. The first-order valence-corrected chi connectivity index (χ1v) is 10.6. The van der Waals surface area contributed by atoms with E-state index >= 15 is 0 Å². The smallest absolute Gasteiger partial charge is 0.266 e. The van der Waals surface area contributed by atoms with Crippen LogP contribution in [0.25, 0.3) is 6.08 Å². The lowest BCUT2D eigenvalue weighted by atomic mass is 10.1. The van der Waals surface area contributed by atoms with E-state index in [1.807, 2.05) is 49.4 Å². The summed E-state index contributed by atoms with van der Waals surface area (Å²) in [5, 5.41) is 12.2. The summed E-state index contributed by atoms with van der Waals surface area (Å²) >= 11 is 3.50. The van der Waals surface area contributed by atoms with Gasteiger partial charge in [0.25, 0.3) is 5.91 Å². The second-order valence-electron chi connectivity index (χ2n) is 7.16. The molecular weight excluding hydrogens is 472 g/mol. The molecule has 32 heavy (non-hydrogen) atoms. The molecule has 0 saturated carbocycles. The summed E-state index contributed by atoms with van der Waals surface area (Å²) in [6, 6.07) is 20.4. The standard InChI is InChI=1S/C25H19BrN2O4/c1-16-3-2-4-20(9-16)28-25(29)19(13-27)10-17-5-7-22(21(26)11-17)30-14-18-6-8-23-24(12-18)32-15-31-23/h2-12H,14-15H2,1H3,(H,28,29)/b19-10-. The Kier molecular flexibility index (Phi) is 6.43. The number of amides is 1. The Morgan fingerprint density at radius 1 is 1.16 bits per heavy atom. The number of nitrogens with one attached hydrogen (secondary N) is 1. The zero-order valence-corrected chi connectivity index (χ0v) is 18.8. The fourth-order valence-electron chi connectivity index (χ4n) is 3.15. The van der Waals surface area contributed by atoms with Crippen LogP contribution >= 0.6 is 15.9 Å². The van der Waals surface area contributed by atoms with Crippen LogP contribution in [0.15, 0.2) is 70.7 Å². The third-order valence-corrected chi connectivity index (χ3v) is 5.36. The molecule has 6 nitrogen and oxygen atoms in total. The van der Waals surface area contributed by atoms with Crippen LogP contribution < -0.4 is 19.5 Å². The lowest BCUT2D eigenvalue weighted by Crippen LogP contribution is -2.13. The number of benzene rings is 3. The quantitative estimate of drug-likeness (QED) is 0.358. The zero-order chi connectivity index (χ0) is 22.5. The predicted octanol–water partition coefficient (Wildman–Crippen LogP) is 5.61. The molecule has 0 fully saturated rings. The van der Waals surface area contributed by atoms with E-state index in [1.165, 1.54) is 6.08 Å². The third kappa shape index (κ3) is 5.10. The molecule has 3 aromatic rings. The summed E-state index contributed by atoms with van der Waals surface area (Å²) in [4.78, 5) is 12.5. The molecule has 4 rings (SSSR count). The SMILES string of the molecule is Cc1cccc(NC(=O)/C(C#N)=C\c2ccc(OCc3ccc4c(c3)OCO4)c(Br)c2)c1. The highest BCUT2D eigenvalue weighted by Gasteiger charge is 2.14. The number of rotatable bonds is 6. The van der Waals surface area contributed by atoms with Gasteiger partial charge in [-0.2, -0.15) is 5.26 Å². The molecule has 3 aromatic carbocycles. The van der Waals surface area contributed by atoms with Crippen molar-refractivity contribution in [3.8, 4) is 23.3 Å². The minimum Gasteiger partial charge on any atom is -0.488 e. The molecular formula is C25H19BrN2O4. The number of aryl methyl sites for hydroxylation is 1. The van der Waals surface area contributed by atoms with Gasteiger partial charge in [0, 0.05) is 5.69 Å². The van der Waals surface area contributed by atoms with Gasteiger partial charge in [-0.15, -0.1) is 0 Å². The molecule has 0 unspecified atom stereocenters. The van der Waals surface area contributed by atoms with Crippen LogP contribution in [0.5, 0.6) is 17.2 Å². The lowest BCUT2D eigenvalue weighted by molar-refractivity contribution is -0.112. The largest absolute Gasteiger partial charge is 0.488 e. The minimum absolute atomic E-state index is 0.00688. The van der Waals surface area contributed by atoms with Crippen molar-refractivity contribution in [2.24, 2.45) is 0 Å². The molecule has 1 amide bonds. The van der Waals surface area contributed by atoms with Crippen LogP contribution in [-0.4, -0.2) is 12.7 Å². The highest BCUT2D eigenvalue weighted by Crippen LogP contribution is 2.33. The van der Waals surface area contributed by atoms with Gasteiger partial charge in [0.2, 0.25) is 6.79 Å². The first-order valence-electron chi connectivity index (χ1n) is 9.82. The van der Waals surface area contributed by atoms with Gasteiger partial charge in [-0.1, -0.05) is 24.3 Å². The average molecular weight is 491 g/mol. The summed E-state index contributed by atoms with van der Waals surface area (Å²) < 4.78 is 17.3. The molecule has 0 atom stereocenters.